The molecule has 23 heavy (non-hydrogen) atoms. The maximum absolute atomic E-state index is 9.00. The average Bonchev–Trinajstić information content (AvgIpc) is 2.55. The molecular weight excluding hydrogens is 286 g/mol. The minimum absolute atomic E-state index is 0.138. The van der Waals surface area contributed by atoms with Crippen molar-refractivity contribution in [2.24, 2.45) is 0 Å². The maximum Gasteiger partial charge on any atom is 0.133 e. The van der Waals surface area contributed by atoms with Gasteiger partial charge in [-0.3, -0.25) is 0 Å². The second-order valence-corrected chi connectivity index (χ2v) is 5.85. The zero-order valence-corrected chi connectivity index (χ0v) is 13.6. The van der Waals surface area contributed by atoms with E-state index in [1.54, 1.807) is 12.3 Å². The van der Waals surface area contributed by atoms with Gasteiger partial charge in [-0.15, -0.1) is 0 Å². The van der Waals surface area contributed by atoms with E-state index in [2.05, 4.69) is 12.1 Å². The van der Waals surface area contributed by atoms with Gasteiger partial charge in [0.2, 0.25) is 0 Å². The van der Waals surface area contributed by atoms with E-state index in [0.717, 1.165) is 11.3 Å². The number of nitrogens with zero attached hydrogens (tertiary/aromatic N) is 3. The molecule has 0 N–H and O–H groups in total. The molecule has 2 rings (SSSR count). The Labute approximate surface area is 137 Å². The molecule has 0 bridgehead atoms. The topological polar surface area (TPSA) is 60.0 Å². The van der Waals surface area contributed by atoms with Gasteiger partial charge in [0.15, 0.2) is 0 Å². The number of anilines is 1. The second-order valence-electron chi connectivity index (χ2n) is 5.85. The number of hydrogen-bond acceptors (Lipinski definition) is 4. The van der Waals surface area contributed by atoms with E-state index in [1.165, 1.54) is 0 Å². The summed E-state index contributed by atoms with van der Waals surface area (Å²) in [4.78, 5) is 2.05. The van der Waals surface area contributed by atoms with Crippen LogP contribution in [-0.4, -0.2) is 19.7 Å². The largest absolute Gasteiger partial charge is 0.491 e. The van der Waals surface area contributed by atoms with Gasteiger partial charge in [0.05, 0.1) is 6.26 Å². The quantitative estimate of drug-likeness (QED) is 0.797. The lowest BCUT2D eigenvalue weighted by Gasteiger charge is -2.29. The van der Waals surface area contributed by atoms with Crippen molar-refractivity contribution in [3.8, 4) is 12.1 Å². The first-order valence-electron chi connectivity index (χ1n) is 7.32. The molecule has 116 valence electrons. The van der Waals surface area contributed by atoms with E-state index in [9.17, 15) is 0 Å². The zero-order chi connectivity index (χ0) is 16.9. The van der Waals surface area contributed by atoms with Crippen LogP contribution in [-0.2, 0) is 4.74 Å². The van der Waals surface area contributed by atoms with Gasteiger partial charge in [0, 0.05) is 26.2 Å². The first-order valence-corrected chi connectivity index (χ1v) is 7.32. The van der Waals surface area contributed by atoms with Crippen LogP contribution in [0.5, 0.6) is 0 Å². The molecule has 1 heterocycles. The van der Waals surface area contributed by atoms with Crippen molar-refractivity contribution in [1.82, 2.24) is 0 Å². The molecule has 0 radical (unpaired) electrons. The van der Waals surface area contributed by atoms with Crippen LogP contribution in [0.1, 0.15) is 18.9 Å². The van der Waals surface area contributed by atoms with Gasteiger partial charge in [-0.1, -0.05) is 18.2 Å². The third-order valence-corrected chi connectivity index (χ3v) is 3.73. The lowest BCUT2D eigenvalue weighted by atomic mass is 9.91. The predicted octanol–water partition coefficient (Wildman–Crippen LogP) is 3.80. The Hall–Kier alpha value is -2.98. The maximum atomic E-state index is 9.00. The van der Waals surface area contributed by atoms with Crippen LogP contribution in [0.15, 0.2) is 53.8 Å². The Morgan fingerprint density at radius 3 is 2.43 bits per heavy atom. The lowest BCUT2D eigenvalue weighted by Crippen LogP contribution is -2.27. The number of ether oxygens (including phenoxy) is 1. The van der Waals surface area contributed by atoms with Gasteiger partial charge in [0.1, 0.15) is 23.3 Å². The molecule has 0 spiro atoms. The number of allylic oxidation sites excluding steroid dienone is 2. The van der Waals surface area contributed by atoms with Crippen molar-refractivity contribution in [3.05, 3.63) is 59.4 Å². The molecule has 0 saturated heterocycles. The number of rotatable bonds is 3. The van der Waals surface area contributed by atoms with Gasteiger partial charge >= 0.3 is 0 Å². The molecule has 1 aromatic carbocycles. The molecule has 1 atom stereocenters. The Kier molecular flexibility index (Phi) is 4.88. The molecule has 4 heteroatoms. The van der Waals surface area contributed by atoms with Gasteiger partial charge in [-0.05, 0) is 42.3 Å². The van der Waals surface area contributed by atoms with Crippen molar-refractivity contribution in [2.45, 2.75) is 18.9 Å². The minimum Gasteiger partial charge on any atom is -0.491 e. The van der Waals surface area contributed by atoms with Crippen molar-refractivity contribution in [3.63, 3.8) is 0 Å². The van der Waals surface area contributed by atoms with Crippen LogP contribution >= 0.6 is 0 Å². The van der Waals surface area contributed by atoms with Gasteiger partial charge in [-0.25, -0.2) is 0 Å². The summed E-state index contributed by atoms with van der Waals surface area (Å²) in [5.41, 5.74) is 2.49. The smallest absolute Gasteiger partial charge is 0.133 e. The average molecular weight is 305 g/mol. The molecule has 1 aromatic rings. The third-order valence-electron chi connectivity index (χ3n) is 3.73. The van der Waals surface area contributed by atoms with Crippen molar-refractivity contribution < 1.29 is 4.74 Å². The molecule has 1 unspecified atom stereocenters. The SMILES string of the molecule is CN(C)c1ccc(C=CC2(C)CC(=C(C#N)C#N)C=CO2)cc1. The highest BCUT2D eigenvalue weighted by atomic mass is 16.5. The highest BCUT2D eigenvalue weighted by Crippen LogP contribution is 2.30. The van der Waals surface area contributed by atoms with Crippen LogP contribution in [0.2, 0.25) is 0 Å². The summed E-state index contributed by atoms with van der Waals surface area (Å²) in [5.74, 6) is 0. The van der Waals surface area contributed by atoms with Gasteiger partial charge in [0.25, 0.3) is 0 Å². The fourth-order valence-corrected chi connectivity index (χ4v) is 2.34. The molecular formula is C19H19N3O. The molecule has 0 saturated carbocycles. The van der Waals surface area contributed by atoms with Gasteiger partial charge < -0.3 is 9.64 Å². The van der Waals surface area contributed by atoms with Gasteiger partial charge in [-0.2, -0.15) is 10.5 Å². The number of hydrogen-bond donors (Lipinski definition) is 0. The Morgan fingerprint density at radius 1 is 1.22 bits per heavy atom. The molecule has 4 nitrogen and oxygen atoms in total. The highest BCUT2D eigenvalue weighted by molar-refractivity contribution is 5.57. The van der Waals surface area contributed by atoms with Crippen molar-refractivity contribution in [1.29, 1.82) is 10.5 Å². The summed E-state index contributed by atoms with van der Waals surface area (Å²) in [6.45, 7) is 1.94. The van der Waals surface area contributed by atoms with E-state index < -0.39 is 5.60 Å². The number of nitriles is 2. The van der Waals surface area contributed by atoms with Crippen molar-refractivity contribution in [2.75, 3.05) is 19.0 Å². The minimum atomic E-state index is -0.566. The zero-order valence-electron chi connectivity index (χ0n) is 13.6. The van der Waals surface area contributed by atoms with E-state index in [1.807, 2.05) is 62.3 Å². The summed E-state index contributed by atoms with van der Waals surface area (Å²) in [6, 6.07) is 12.1. The Bertz CT molecular complexity index is 726. The fraction of sp³-hybridized carbons (Fsp3) is 0.263. The Balaban J connectivity index is 2.19. The first-order chi connectivity index (χ1) is 11.0. The third kappa shape index (κ3) is 4.02. The molecule has 1 aliphatic rings. The summed E-state index contributed by atoms with van der Waals surface area (Å²) in [7, 11) is 4.01. The van der Waals surface area contributed by atoms with Crippen LogP contribution in [0, 0.1) is 22.7 Å². The van der Waals surface area contributed by atoms with E-state index >= 15 is 0 Å². The Morgan fingerprint density at radius 2 is 1.87 bits per heavy atom. The van der Waals surface area contributed by atoms with E-state index in [-0.39, 0.29) is 5.57 Å². The monoisotopic (exact) mass is 305 g/mol. The molecule has 0 aliphatic carbocycles. The second kappa shape index (κ2) is 6.85. The normalized spacial score (nSPS) is 19.8. The van der Waals surface area contributed by atoms with Crippen molar-refractivity contribution >= 4 is 11.8 Å². The summed E-state index contributed by atoms with van der Waals surface area (Å²) in [5, 5.41) is 18.0. The molecule has 0 amide bonds. The number of benzene rings is 1. The van der Waals surface area contributed by atoms with E-state index in [0.29, 0.717) is 12.0 Å². The summed E-state index contributed by atoms with van der Waals surface area (Å²) >= 11 is 0. The summed E-state index contributed by atoms with van der Waals surface area (Å²) < 4.78 is 5.69. The summed E-state index contributed by atoms with van der Waals surface area (Å²) in [6.07, 6.45) is 7.69. The van der Waals surface area contributed by atoms with E-state index in [4.69, 9.17) is 15.3 Å². The molecule has 0 aromatic heterocycles. The standard InChI is InChI=1S/C19H19N3O/c1-19(12-16(9-11-23-19)17(13-20)14-21)10-8-15-4-6-18(7-5-15)22(2)3/h4-11H,12H2,1-3H3. The van der Waals surface area contributed by atoms with Crippen LogP contribution in [0.3, 0.4) is 0 Å². The van der Waals surface area contributed by atoms with Crippen LogP contribution in [0.25, 0.3) is 6.08 Å². The molecule has 1 aliphatic heterocycles. The first kappa shape index (κ1) is 16.4. The van der Waals surface area contributed by atoms with Crippen LogP contribution < -0.4 is 4.90 Å². The molecule has 0 fully saturated rings. The van der Waals surface area contributed by atoms with Crippen LogP contribution in [0.4, 0.5) is 5.69 Å². The lowest BCUT2D eigenvalue weighted by molar-refractivity contribution is 0.0803. The fourth-order valence-electron chi connectivity index (χ4n) is 2.34. The predicted molar refractivity (Wildman–Crippen MR) is 91.3 cm³/mol. The highest BCUT2D eigenvalue weighted by Gasteiger charge is 2.27.